The first kappa shape index (κ1) is 28.5. The fourth-order valence-corrected chi connectivity index (χ4v) is 4.42. The maximum Gasteiger partial charge on any atom is 0.252 e. The fourth-order valence-electron chi connectivity index (χ4n) is 4.19. The number of hydrogen-bond acceptors (Lipinski definition) is 6. The normalized spacial score (nSPS) is 15.9. The minimum Gasteiger partial charge on any atom is -0.508 e. The molecule has 1 atom stereocenters. The third-order valence-electron chi connectivity index (χ3n) is 6.34. The second-order valence-electron chi connectivity index (χ2n) is 9.17. The predicted octanol–water partition coefficient (Wildman–Crippen LogP) is 4.85. The number of phenols is 1. The molecule has 2 aromatic rings. The van der Waals surface area contributed by atoms with Crippen molar-refractivity contribution in [3.05, 3.63) is 82.6 Å². The van der Waals surface area contributed by atoms with Gasteiger partial charge in [0.2, 0.25) is 0 Å². The van der Waals surface area contributed by atoms with Gasteiger partial charge in [-0.1, -0.05) is 36.9 Å². The first-order valence-corrected chi connectivity index (χ1v) is 12.7. The highest BCUT2D eigenvalue weighted by atomic mass is 32.1. The van der Waals surface area contributed by atoms with Crippen molar-refractivity contribution in [3.8, 4) is 17.2 Å². The first-order chi connectivity index (χ1) is 18.1. The number of benzene rings is 2. The lowest BCUT2D eigenvalue weighted by Crippen LogP contribution is -2.14. The number of aromatic hydroxyl groups is 1. The summed E-state index contributed by atoms with van der Waals surface area (Å²) < 4.78 is 11.7. The molecule has 1 unspecified atom stereocenters. The number of carbonyl (C=O) groups is 1. The molecule has 0 heterocycles. The summed E-state index contributed by atoms with van der Waals surface area (Å²) >= 11 is 5.29. The molecule has 1 aliphatic carbocycles. The molecule has 200 valence electrons. The summed E-state index contributed by atoms with van der Waals surface area (Å²) in [5.74, 6) is 1.22. The Bertz CT molecular complexity index is 1340. The lowest BCUT2D eigenvalue weighted by molar-refractivity contribution is 0.0997. The van der Waals surface area contributed by atoms with Gasteiger partial charge in [0, 0.05) is 18.1 Å². The van der Waals surface area contributed by atoms with Crippen LogP contribution >= 0.6 is 12.2 Å². The number of fused-ring (bicyclic) bond motifs is 1. The summed E-state index contributed by atoms with van der Waals surface area (Å²) in [7, 11) is 1.51. The Morgan fingerprint density at radius 3 is 2.63 bits per heavy atom. The minimum atomic E-state index is -0.586. The van der Waals surface area contributed by atoms with Crippen molar-refractivity contribution in [2.24, 2.45) is 22.2 Å². The second-order valence-corrected chi connectivity index (χ2v) is 9.64. The first-order valence-electron chi connectivity index (χ1n) is 12.3. The Labute approximate surface area is 228 Å². The van der Waals surface area contributed by atoms with Gasteiger partial charge in [0.15, 0.2) is 0 Å². The van der Waals surface area contributed by atoms with E-state index in [1.807, 2.05) is 31.2 Å². The third-order valence-corrected chi connectivity index (χ3v) is 6.63. The van der Waals surface area contributed by atoms with Crippen LogP contribution in [0.5, 0.6) is 17.2 Å². The molecule has 7 N–H and O–H groups in total. The number of hydrogen-bond donors (Lipinski definition) is 4. The number of allylic oxidation sites excluding steroid dienone is 3. The van der Waals surface area contributed by atoms with Gasteiger partial charge in [-0.15, -0.1) is 0 Å². The van der Waals surface area contributed by atoms with Crippen molar-refractivity contribution in [3.63, 3.8) is 0 Å². The van der Waals surface area contributed by atoms with Crippen LogP contribution in [0.15, 0.2) is 65.3 Å². The van der Waals surface area contributed by atoms with Crippen LogP contribution in [0.3, 0.4) is 0 Å². The van der Waals surface area contributed by atoms with Gasteiger partial charge in [-0.25, -0.2) is 4.99 Å². The fraction of sp³-hybridized carbons (Fsp3) is 0.276. The van der Waals surface area contributed by atoms with Crippen LogP contribution in [0.25, 0.3) is 5.76 Å². The van der Waals surface area contributed by atoms with Gasteiger partial charge in [-0.2, -0.15) is 0 Å². The molecule has 1 amide bonds. The molecule has 0 radical (unpaired) electrons. The molecule has 0 aromatic heterocycles. The monoisotopic (exact) mass is 534 g/mol. The number of primary amides is 1. The van der Waals surface area contributed by atoms with Crippen molar-refractivity contribution in [2.75, 3.05) is 7.11 Å². The van der Waals surface area contributed by atoms with E-state index in [4.69, 9.17) is 38.9 Å². The summed E-state index contributed by atoms with van der Waals surface area (Å²) in [6, 6.07) is 8.76. The highest BCUT2D eigenvalue weighted by Gasteiger charge is 2.20. The van der Waals surface area contributed by atoms with Crippen LogP contribution in [-0.2, 0) is 6.42 Å². The number of amidine groups is 1. The number of carbonyl (C=O) groups excluding carboxylic acids is 1. The van der Waals surface area contributed by atoms with E-state index in [2.05, 4.69) is 11.9 Å². The molecule has 0 saturated heterocycles. The molecule has 3 rings (SSSR count). The van der Waals surface area contributed by atoms with Crippen LogP contribution < -0.4 is 26.7 Å². The average molecular weight is 535 g/mol. The standard InChI is InChI=1S/C29H34N4O4S/c1-17-4-7-19-14-26(36-3)23(29(32)35)16-22(19)25(10-5-17)37-20-8-9-21(24(34)15-20)18(2)6-11-28(38)33-27(31)12-13-30/h5,8-10,12-16,18,34H,4,6-7,11,30H2,1-3H3,(H2,32,35)(H2,31,33,38)/b13-12-,17-5?,25-10+. The molecular weight excluding hydrogens is 500 g/mol. The van der Waals surface area contributed by atoms with Crippen LogP contribution in [0.1, 0.15) is 66.1 Å². The molecule has 0 spiro atoms. The van der Waals surface area contributed by atoms with Gasteiger partial charge in [-0.05, 0) is 79.8 Å². The van der Waals surface area contributed by atoms with Crippen molar-refractivity contribution >= 4 is 34.7 Å². The summed E-state index contributed by atoms with van der Waals surface area (Å²) in [6.45, 7) is 4.06. The smallest absolute Gasteiger partial charge is 0.252 e. The van der Waals surface area contributed by atoms with Crippen LogP contribution in [0, 0.1) is 0 Å². The molecule has 0 fully saturated rings. The zero-order valence-electron chi connectivity index (χ0n) is 21.9. The Kier molecular flexibility index (Phi) is 9.67. The van der Waals surface area contributed by atoms with E-state index in [1.54, 1.807) is 18.2 Å². The summed E-state index contributed by atoms with van der Waals surface area (Å²) in [4.78, 5) is 16.7. The Morgan fingerprint density at radius 2 is 1.97 bits per heavy atom. The number of rotatable bonds is 9. The molecule has 2 aromatic carbocycles. The van der Waals surface area contributed by atoms with E-state index in [0.29, 0.717) is 35.1 Å². The molecule has 38 heavy (non-hydrogen) atoms. The number of aryl methyl sites for hydroxylation is 1. The maximum absolute atomic E-state index is 12.1. The molecule has 0 aliphatic heterocycles. The van der Waals surface area contributed by atoms with Gasteiger partial charge < -0.3 is 31.8 Å². The number of methoxy groups -OCH3 is 1. The average Bonchev–Trinajstić information content (AvgIpc) is 2.87. The second kappa shape index (κ2) is 12.9. The number of amides is 1. The maximum atomic E-state index is 12.1. The van der Waals surface area contributed by atoms with Crippen molar-refractivity contribution in [1.82, 2.24) is 0 Å². The third kappa shape index (κ3) is 7.23. The van der Waals surface area contributed by atoms with Crippen LogP contribution in [0.2, 0.25) is 0 Å². The van der Waals surface area contributed by atoms with Crippen LogP contribution in [0.4, 0.5) is 0 Å². The molecule has 0 bridgehead atoms. The van der Waals surface area contributed by atoms with E-state index >= 15 is 0 Å². The SMILES string of the molecule is COc1cc2c(cc1C(N)=O)/C(Oc1ccc(C(C)CCC(=S)N=C(N)/C=C\N)c(O)c1)=C\C=C(C)CC2. The number of nitrogens with zero attached hydrogens (tertiary/aromatic N) is 1. The largest absolute Gasteiger partial charge is 0.508 e. The van der Waals surface area contributed by atoms with Gasteiger partial charge in [0.05, 0.1) is 12.7 Å². The quantitative estimate of drug-likeness (QED) is 0.204. The van der Waals surface area contributed by atoms with E-state index in [1.165, 1.54) is 25.0 Å². The topological polar surface area (TPSA) is 146 Å². The Balaban J connectivity index is 1.85. The molecule has 9 heteroatoms. The lowest BCUT2D eigenvalue weighted by atomic mass is 9.93. The van der Waals surface area contributed by atoms with E-state index in [-0.39, 0.29) is 23.1 Å². The van der Waals surface area contributed by atoms with E-state index in [0.717, 1.165) is 29.5 Å². The lowest BCUT2D eigenvalue weighted by Gasteiger charge is -2.20. The minimum absolute atomic E-state index is 0.0148. The Hall–Kier alpha value is -4.11. The van der Waals surface area contributed by atoms with Crippen molar-refractivity contribution < 1.29 is 19.4 Å². The van der Waals surface area contributed by atoms with Crippen molar-refractivity contribution in [2.45, 2.75) is 45.4 Å². The molecule has 1 aliphatic rings. The summed E-state index contributed by atoms with van der Waals surface area (Å²) in [5.41, 5.74) is 20.6. The highest BCUT2D eigenvalue weighted by molar-refractivity contribution is 7.80. The number of aliphatic imine (C=N–C) groups is 1. The van der Waals surface area contributed by atoms with Crippen LogP contribution in [-0.4, -0.2) is 28.9 Å². The predicted molar refractivity (Wildman–Crippen MR) is 155 cm³/mol. The van der Waals surface area contributed by atoms with Gasteiger partial charge in [0.1, 0.15) is 33.8 Å². The zero-order valence-corrected chi connectivity index (χ0v) is 22.7. The van der Waals surface area contributed by atoms with E-state index < -0.39 is 5.91 Å². The van der Waals surface area contributed by atoms with Gasteiger partial charge >= 0.3 is 0 Å². The molecular formula is C29H34N4O4S. The number of nitrogens with two attached hydrogens (primary N) is 3. The summed E-state index contributed by atoms with van der Waals surface area (Å²) in [6.07, 6.45) is 9.46. The number of thiocarbonyl (C=S) groups is 1. The number of phenolic OH excluding ortho intramolecular Hbond substituents is 1. The molecule has 0 saturated carbocycles. The number of ether oxygens (including phenoxy) is 2. The van der Waals surface area contributed by atoms with Crippen molar-refractivity contribution in [1.29, 1.82) is 0 Å². The van der Waals surface area contributed by atoms with Gasteiger partial charge in [0.25, 0.3) is 5.91 Å². The Morgan fingerprint density at radius 1 is 1.21 bits per heavy atom. The molecule has 8 nitrogen and oxygen atoms in total. The van der Waals surface area contributed by atoms with E-state index in [9.17, 15) is 9.90 Å². The van der Waals surface area contributed by atoms with Gasteiger partial charge in [-0.3, -0.25) is 4.79 Å². The zero-order chi connectivity index (χ0) is 27.8. The highest BCUT2D eigenvalue weighted by Crippen LogP contribution is 2.36. The summed E-state index contributed by atoms with van der Waals surface area (Å²) in [5, 5.41) is 10.8.